The molecule has 0 bridgehead atoms. The average molecular weight is 261 g/mol. The van der Waals surface area contributed by atoms with Crippen LogP contribution in [0.4, 0.5) is 0 Å². The first-order valence-electron chi connectivity index (χ1n) is 6.26. The van der Waals surface area contributed by atoms with Crippen molar-refractivity contribution in [1.29, 1.82) is 0 Å². The highest BCUT2D eigenvalue weighted by molar-refractivity contribution is 5.62. The molecule has 0 fully saturated rings. The Kier molecular flexibility index (Phi) is 4.68. The van der Waals surface area contributed by atoms with Gasteiger partial charge in [0.25, 0.3) is 0 Å². The minimum absolute atomic E-state index is 0.0640. The van der Waals surface area contributed by atoms with Crippen molar-refractivity contribution in [2.75, 3.05) is 20.3 Å². The largest absolute Gasteiger partial charge is 0.395 e. The third-order valence-corrected chi connectivity index (χ3v) is 3.24. The summed E-state index contributed by atoms with van der Waals surface area (Å²) in [5, 5.41) is 25.5. The molecule has 0 spiro atoms. The highest BCUT2D eigenvalue weighted by Gasteiger charge is 2.15. The maximum absolute atomic E-state index is 9.19. The lowest BCUT2D eigenvalue weighted by atomic mass is 10.1. The molecular weight excluding hydrogens is 242 g/mol. The number of likely N-dealkylation sites (N-methyl/N-ethyl adjacent to an activating group) is 1. The molecule has 0 aliphatic rings. The molecule has 5 nitrogen and oxygen atoms in total. The number of hydrogen-bond acceptors (Lipinski definition) is 4. The Labute approximate surface area is 112 Å². The lowest BCUT2D eigenvalue weighted by Crippen LogP contribution is -2.37. The molecule has 0 aliphatic heterocycles. The maximum atomic E-state index is 9.19. The molecule has 0 atom stereocenters. The molecule has 0 saturated carbocycles. The number of nitrogens with one attached hydrogen (secondary N) is 1. The summed E-state index contributed by atoms with van der Waals surface area (Å²) in [6.45, 7) is 0.490. The molecule has 0 aliphatic carbocycles. The van der Waals surface area contributed by atoms with Crippen LogP contribution in [0.25, 0.3) is 11.3 Å². The number of nitrogens with zero attached hydrogens (tertiary/aromatic N) is 2. The molecule has 1 aromatic heterocycles. The average Bonchev–Trinajstić information content (AvgIpc) is 2.89. The molecule has 2 aromatic rings. The van der Waals surface area contributed by atoms with Crippen LogP contribution >= 0.6 is 0 Å². The van der Waals surface area contributed by atoms with Gasteiger partial charge in [0, 0.05) is 12.1 Å². The van der Waals surface area contributed by atoms with Crippen molar-refractivity contribution in [2.45, 2.75) is 12.6 Å². The van der Waals surface area contributed by atoms with Gasteiger partial charge in [-0.2, -0.15) is 5.10 Å². The fourth-order valence-corrected chi connectivity index (χ4v) is 2.02. The summed E-state index contributed by atoms with van der Waals surface area (Å²) in [7, 11) is 1.87. The molecule has 1 aromatic carbocycles. The van der Waals surface area contributed by atoms with Gasteiger partial charge in [0.2, 0.25) is 0 Å². The predicted molar refractivity (Wildman–Crippen MR) is 73.5 cm³/mol. The van der Waals surface area contributed by atoms with Crippen molar-refractivity contribution < 1.29 is 10.2 Å². The minimum atomic E-state index is -0.251. The van der Waals surface area contributed by atoms with Gasteiger partial charge in [-0.05, 0) is 12.6 Å². The quantitative estimate of drug-likeness (QED) is 0.721. The third kappa shape index (κ3) is 3.20. The summed E-state index contributed by atoms with van der Waals surface area (Å²) in [4.78, 5) is 1.91. The van der Waals surface area contributed by atoms with Gasteiger partial charge in [0.05, 0.1) is 31.1 Å². The van der Waals surface area contributed by atoms with Crippen LogP contribution in [-0.4, -0.2) is 51.6 Å². The second kappa shape index (κ2) is 6.47. The van der Waals surface area contributed by atoms with E-state index in [1.807, 2.05) is 42.3 Å². The Hall–Kier alpha value is -1.69. The summed E-state index contributed by atoms with van der Waals surface area (Å²) in [6.07, 6.45) is 1.78. The van der Waals surface area contributed by atoms with Crippen molar-refractivity contribution in [2.24, 2.45) is 0 Å². The molecule has 0 unspecified atom stereocenters. The van der Waals surface area contributed by atoms with E-state index in [1.54, 1.807) is 6.20 Å². The predicted octanol–water partition coefficient (Wildman–Crippen LogP) is 0.862. The molecule has 0 saturated heterocycles. The highest BCUT2D eigenvalue weighted by atomic mass is 16.3. The number of aromatic nitrogens is 2. The van der Waals surface area contributed by atoms with E-state index in [9.17, 15) is 10.2 Å². The molecule has 19 heavy (non-hydrogen) atoms. The Morgan fingerprint density at radius 3 is 2.53 bits per heavy atom. The Morgan fingerprint density at radius 2 is 1.89 bits per heavy atom. The molecule has 2 rings (SSSR count). The van der Waals surface area contributed by atoms with E-state index >= 15 is 0 Å². The molecule has 102 valence electrons. The third-order valence-electron chi connectivity index (χ3n) is 3.24. The van der Waals surface area contributed by atoms with Gasteiger partial charge in [-0.1, -0.05) is 30.3 Å². The fourth-order valence-electron chi connectivity index (χ4n) is 2.02. The van der Waals surface area contributed by atoms with Crippen molar-refractivity contribution in [1.82, 2.24) is 15.1 Å². The number of H-pyrrole nitrogens is 1. The van der Waals surface area contributed by atoms with Crippen molar-refractivity contribution in [3.05, 3.63) is 42.1 Å². The minimum Gasteiger partial charge on any atom is -0.395 e. The van der Waals surface area contributed by atoms with E-state index < -0.39 is 0 Å². The number of benzene rings is 1. The van der Waals surface area contributed by atoms with E-state index in [4.69, 9.17) is 0 Å². The van der Waals surface area contributed by atoms with Gasteiger partial charge >= 0.3 is 0 Å². The number of aliphatic hydroxyl groups is 2. The van der Waals surface area contributed by atoms with Gasteiger partial charge in [-0.25, -0.2) is 0 Å². The SMILES string of the molecule is CN(Cc1cn[nH]c1-c1ccccc1)C(CO)CO. The second-order valence-corrected chi connectivity index (χ2v) is 4.57. The number of hydrogen-bond donors (Lipinski definition) is 3. The molecular formula is C14H19N3O2. The first-order chi connectivity index (χ1) is 9.26. The number of rotatable bonds is 6. The van der Waals surface area contributed by atoms with E-state index in [1.165, 1.54) is 0 Å². The molecule has 1 heterocycles. The van der Waals surface area contributed by atoms with Crippen LogP contribution in [0.15, 0.2) is 36.5 Å². The summed E-state index contributed by atoms with van der Waals surface area (Å²) in [5.74, 6) is 0. The van der Waals surface area contributed by atoms with Crippen LogP contribution in [-0.2, 0) is 6.54 Å². The number of aliphatic hydroxyl groups excluding tert-OH is 2. The second-order valence-electron chi connectivity index (χ2n) is 4.57. The van der Waals surface area contributed by atoms with Gasteiger partial charge in [-0.3, -0.25) is 10.00 Å². The van der Waals surface area contributed by atoms with Crippen LogP contribution in [0.2, 0.25) is 0 Å². The normalized spacial score (nSPS) is 11.4. The topological polar surface area (TPSA) is 72.4 Å². The van der Waals surface area contributed by atoms with Gasteiger partial charge < -0.3 is 10.2 Å². The van der Waals surface area contributed by atoms with E-state index in [0.717, 1.165) is 16.8 Å². The molecule has 3 N–H and O–H groups in total. The summed E-state index contributed by atoms with van der Waals surface area (Å²) >= 11 is 0. The Bertz CT molecular complexity index is 494. The first kappa shape index (κ1) is 13.7. The maximum Gasteiger partial charge on any atom is 0.0695 e. The monoisotopic (exact) mass is 261 g/mol. The zero-order valence-electron chi connectivity index (χ0n) is 11.0. The molecule has 0 amide bonds. The standard InChI is InChI=1S/C14H19N3O2/c1-17(13(9-18)10-19)8-12-7-15-16-14(12)11-5-3-2-4-6-11/h2-7,13,18-19H,8-10H2,1H3,(H,15,16). The smallest absolute Gasteiger partial charge is 0.0695 e. The van der Waals surface area contributed by atoms with Gasteiger partial charge in [0.15, 0.2) is 0 Å². The van der Waals surface area contributed by atoms with Crippen molar-refractivity contribution in [3.63, 3.8) is 0 Å². The van der Waals surface area contributed by atoms with E-state index in [2.05, 4.69) is 10.2 Å². The zero-order chi connectivity index (χ0) is 13.7. The van der Waals surface area contributed by atoms with Crippen molar-refractivity contribution >= 4 is 0 Å². The van der Waals surface area contributed by atoms with Crippen LogP contribution in [0, 0.1) is 0 Å². The first-order valence-corrected chi connectivity index (χ1v) is 6.26. The van der Waals surface area contributed by atoms with Crippen LogP contribution in [0.3, 0.4) is 0 Å². The number of aromatic amines is 1. The summed E-state index contributed by atoms with van der Waals surface area (Å²) in [5.41, 5.74) is 3.09. The van der Waals surface area contributed by atoms with Crippen molar-refractivity contribution in [3.8, 4) is 11.3 Å². The Balaban J connectivity index is 2.17. The highest BCUT2D eigenvalue weighted by Crippen LogP contribution is 2.21. The van der Waals surface area contributed by atoms with Crippen LogP contribution in [0.5, 0.6) is 0 Å². The van der Waals surface area contributed by atoms with Gasteiger partial charge in [0.1, 0.15) is 0 Å². The van der Waals surface area contributed by atoms with Crippen LogP contribution < -0.4 is 0 Å². The lowest BCUT2D eigenvalue weighted by molar-refractivity contribution is 0.0875. The Morgan fingerprint density at radius 1 is 1.21 bits per heavy atom. The molecule has 5 heteroatoms. The van der Waals surface area contributed by atoms with Gasteiger partial charge in [-0.15, -0.1) is 0 Å². The summed E-state index contributed by atoms with van der Waals surface area (Å²) in [6, 6.07) is 9.72. The fraction of sp³-hybridized carbons (Fsp3) is 0.357. The van der Waals surface area contributed by atoms with E-state index in [0.29, 0.717) is 6.54 Å². The molecule has 0 radical (unpaired) electrons. The van der Waals surface area contributed by atoms with E-state index in [-0.39, 0.29) is 19.3 Å². The van der Waals surface area contributed by atoms with Crippen LogP contribution in [0.1, 0.15) is 5.56 Å². The zero-order valence-corrected chi connectivity index (χ0v) is 11.0. The lowest BCUT2D eigenvalue weighted by Gasteiger charge is -2.24. The summed E-state index contributed by atoms with van der Waals surface area (Å²) < 4.78 is 0.